The number of nitrogens with zero attached hydrogens (tertiary/aromatic N) is 2. The van der Waals surface area contributed by atoms with E-state index in [4.69, 9.17) is 21.5 Å². The summed E-state index contributed by atoms with van der Waals surface area (Å²) in [5.41, 5.74) is 1.32. The van der Waals surface area contributed by atoms with Crippen LogP contribution >= 0.6 is 11.6 Å². The number of halogens is 1. The topological polar surface area (TPSA) is 92.9 Å². The summed E-state index contributed by atoms with van der Waals surface area (Å²) in [6, 6.07) is 11.6. The van der Waals surface area contributed by atoms with Crippen LogP contribution in [0.15, 0.2) is 47.4 Å². The molecule has 2 aromatic carbocycles. The standard InChI is InChI=1S/C18H20ClN3O4S/c1-26-17-12-15(27(20,24)25)5-6-16(17)18(23)22-9-7-21(8-10-22)14-4-2-3-13(19)11-14/h2-6,11-12H,7-10H2,1H3,(H2,20,24,25). The molecule has 27 heavy (non-hydrogen) atoms. The highest BCUT2D eigenvalue weighted by Gasteiger charge is 2.25. The fourth-order valence-corrected chi connectivity index (χ4v) is 3.75. The van der Waals surface area contributed by atoms with Crippen LogP contribution in [0.25, 0.3) is 0 Å². The van der Waals surface area contributed by atoms with Crippen LogP contribution in [0.4, 0.5) is 5.69 Å². The average molecular weight is 410 g/mol. The van der Waals surface area contributed by atoms with Crippen molar-refractivity contribution >= 4 is 33.2 Å². The Bertz CT molecular complexity index is 957. The van der Waals surface area contributed by atoms with Crippen molar-refractivity contribution in [2.45, 2.75) is 4.90 Å². The Morgan fingerprint density at radius 2 is 1.81 bits per heavy atom. The first-order valence-electron chi connectivity index (χ1n) is 8.30. The lowest BCUT2D eigenvalue weighted by atomic mass is 10.1. The van der Waals surface area contributed by atoms with Gasteiger partial charge < -0.3 is 14.5 Å². The van der Waals surface area contributed by atoms with Crippen LogP contribution in [-0.4, -0.2) is 52.5 Å². The third-order valence-corrected chi connectivity index (χ3v) is 5.62. The van der Waals surface area contributed by atoms with Gasteiger partial charge >= 0.3 is 0 Å². The van der Waals surface area contributed by atoms with Gasteiger partial charge in [0.25, 0.3) is 5.91 Å². The number of amides is 1. The van der Waals surface area contributed by atoms with E-state index in [2.05, 4.69) is 4.90 Å². The Morgan fingerprint density at radius 3 is 2.41 bits per heavy atom. The summed E-state index contributed by atoms with van der Waals surface area (Å²) in [6.07, 6.45) is 0. The van der Waals surface area contributed by atoms with Crippen LogP contribution in [0.2, 0.25) is 5.02 Å². The lowest BCUT2D eigenvalue weighted by Gasteiger charge is -2.36. The third-order valence-electron chi connectivity index (χ3n) is 4.47. The number of methoxy groups -OCH3 is 1. The summed E-state index contributed by atoms with van der Waals surface area (Å²) >= 11 is 6.04. The van der Waals surface area contributed by atoms with E-state index in [0.717, 1.165) is 5.69 Å². The number of benzene rings is 2. The van der Waals surface area contributed by atoms with Gasteiger partial charge in [-0.1, -0.05) is 17.7 Å². The molecule has 0 aromatic heterocycles. The van der Waals surface area contributed by atoms with E-state index in [1.54, 1.807) is 4.90 Å². The van der Waals surface area contributed by atoms with Crippen LogP contribution in [0.3, 0.4) is 0 Å². The third kappa shape index (κ3) is 4.35. The smallest absolute Gasteiger partial charge is 0.257 e. The van der Waals surface area contributed by atoms with Crippen LogP contribution in [0, 0.1) is 0 Å². The second-order valence-electron chi connectivity index (χ2n) is 6.17. The molecule has 7 nitrogen and oxygen atoms in total. The van der Waals surface area contributed by atoms with E-state index in [9.17, 15) is 13.2 Å². The predicted octanol–water partition coefficient (Wildman–Crippen LogP) is 1.96. The Hall–Kier alpha value is -2.29. The molecule has 0 bridgehead atoms. The van der Waals surface area contributed by atoms with E-state index in [-0.39, 0.29) is 16.6 Å². The maximum Gasteiger partial charge on any atom is 0.257 e. The molecular weight excluding hydrogens is 390 g/mol. The summed E-state index contributed by atoms with van der Waals surface area (Å²) < 4.78 is 28.2. The van der Waals surface area contributed by atoms with Crippen LogP contribution in [0.1, 0.15) is 10.4 Å². The molecule has 3 rings (SSSR count). The van der Waals surface area contributed by atoms with Crippen LogP contribution < -0.4 is 14.8 Å². The number of hydrogen-bond donors (Lipinski definition) is 1. The number of primary sulfonamides is 1. The molecule has 1 aliphatic rings. The van der Waals surface area contributed by atoms with Gasteiger partial charge in [-0.25, -0.2) is 13.6 Å². The summed E-state index contributed by atoms with van der Waals surface area (Å²) in [6.45, 7) is 2.41. The molecule has 9 heteroatoms. The molecule has 144 valence electrons. The van der Waals surface area contributed by atoms with Gasteiger partial charge in [-0.2, -0.15) is 0 Å². The number of piperazine rings is 1. The zero-order valence-corrected chi connectivity index (χ0v) is 16.3. The maximum atomic E-state index is 12.9. The van der Waals surface area contributed by atoms with E-state index in [0.29, 0.717) is 36.8 Å². The minimum Gasteiger partial charge on any atom is -0.496 e. The fourth-order valence-electron chi connectivity index (χ4n) is 3.04. The Kier molecular flexibility index (Phi) is 5.59. The second kappa shape index (κ2) is 7.75. The molecule has 0 radical (unpaired) electrons. The highest BCUT2D eigenvalue weighted by Crippen LogP contribution is 2.25. The van der Waals surface area contributed by atoms with Crippen LogP contribution in [0.5, 0.6) is 5.75 Å². The normalized spacial score (nSPS) is 14.9. The van der Waals surface area contributed by atoms with Crippen LogP contribution in [-0.2, 0) is 10.0 Å². The van der Waals surface area contributed by atoms with Crippen molar-refractivity contribution in [2.24, 2.45) is 5.14 Å². The summed E-state index contributed by atoms with van der Waals surface area (Å²) in [5.74, 6) is -0.0256. The predicted molar refractivity (Wildman–Crippen MR) is 104 cm³/mol. The average Bonchev–Trinajstić information content (AvgIpc) is 2.66. The molecule has 0 saturated carbocycles. The minimum atomic E-state index is -3.87. The van der Waals surface area contributed by atoms with Gasteiger partial charge in [-0.05, 0) is 30.3 Å². The van der Waals surface area contributed by atoms with Gasteiger partial charge in [-0.3, -0.25) is 4.79 Å². The number of anilines is 1. The number of ether oxygens (including phenoxy) is 1. The van der Waals surface area contributed by atoms with E-state index < -0.39 is 10.0 Å². The molecule has 1 amide bonds. The van der Waals surface area contributed by atoms with E-state index in [1.807, 2.05) is 24.3 Å². The molecule has 0 atom stereocenters. The molecule has 1 aliphatic heterocycles. The molecular formula is C18H20ClN3O4S. The Balaban J connectivity index is 1.74. The molecule has 1 heterocycles. The first-order chi connectivity index (χ1) is 12.8. The molecule has 0 spiro atoms. The van der Waals surface area contributed by atoms with Crippen molar-refractivity contribution < 1.29 is 17.9 Å². The fraction of sp³-hybridized carbons (Fsp3) is 0.278. The lowest BCUT2D eigenvalue weighted by Crippen LogP contribution is -2.48. The van der Waals surface area contributed by atoms with Crippen molar-refractivity contribution in [3.05, 3.63) is 53.1 Å². The first-order valence-corrected chi connectivity index (χ1v) is 10.2. The number of nitrogens with two attached hydrogens (primary N) is 1. The minimum absolute atomic E-state index is 0.0957. The first kappa shape index (κ1) is 19.5. The van der Waals surface area contributed by atoms with Gasteiger partial charge in [0.05, 0.1) is 17.6 Å². The number of hydrogen-bond acceptors (Lipinski definition) is 5. The lowest BCUT2D eigenvalue weighted by molar-refractivity contribution is 0.0743. The highest BCUT2D eigenvalue weighted by molar-refractivity contribution is 7.89. The van der Waals surface area contributed by atoms with Gasteiger partial charge in [0.15, 0.2) is 0 Å². The van der Waals surface area contributed by atoms with Crippen molar-refractivity contribution in [1.82, 2.24) is 4.90 Å². The van der Waals surface area contributed by atoms with Gasteiger partial charge in [0.1, 0.15) is 5.75 Å². The zero-order chi connectivity index (χ0) is 19.6. The maximum absolute atomic E-state index is 12.9. The molecule has 0 unspecified atom stereocenters. The zero-order valence-electron chi connectivity index (χ0n) is 14.8. The molecule has 2 aromatic rings. The number of sulfonamides is 1. The van der Waals surface area contributed by atoms with Gasteiger partial charge in [0, 0.05) is 43.0 Å². The van der Waals surface area contributed by atoms with Crippen molar-refractivity contribution in [1.29, 1.82) is 0 Å². The van der Waals surface area contributed by atoms with Gasteiger partial charge in [-0.15, -0.1) is 0 Å². The molecule has 2 N–H and O–H groups in total. The number of rotatable bonds is 4. The number of carbonyl (C=O) groups excluding carboxylic acids is 1. The summed E-state index contributed by atoms with van der Waals surface area (Å²) in [7, 11) is -2.48. The number of carbonyl (C=O) groups is 1. The SMILES string of the molecule is COc1cc(S(N)(=O)=O)ccc1C(=O)N1CCN(c2cccc(Cl)c2)CC1. The van der Waals surface area contributed by atoms with Crippen molar-refractivity contribution in [3.63, 3.8) is 0 Å². The Morgan fingerprint density at radius 1 is 1.11 bits per heavy atom. The Labute approximate surface area is 163 Å². The molecule has 1 saturated heterocycles. The second-order valence-corrected chi connectivity index (χ2v) is 8.16. The highest BCUT2D eigenvalue weighted by atomic mass is 35.5. The van der Waals surface area contributed by atoms with Gasteiger partial charge in [0.2, 0.25) is 10.0 Å². The van der Waals surface area contributed by atoms with E-state index in [1.165, 1.54) is 25.3 Å². The summed E-state index contributed by atoms with van der Waals surface area (Å²) in [4.78, 5) is 16.6. The van der Waals surface area contributed by atoms with Crippen molar-refractivity contribution in [3.8, 4) is 5.75 Å². The van der Waals surface area contributed by atoms with E-state index >= 15 is 0 Å². The quantitative estimate of drug-likeness (QED) is 0.833. The van der Waals surface area contributed by atoms with Crippen molar-refractivity contribution in [2.75, 3.05) is 38.2 Å². The monoisotopic (exact) mass is 409 g/mol. The largest absolute Gasteiger partial charge is 0.496 e. The molecule has 0 aliphatic carbocycles. The summed E-state index contributed by atoms with van der Waals surface area (Å²) in [5, 5.41) is 5.81. The molecule has 1 fully saturated rings.